The molecule has 0 fully saturated rings. The highest BCUT2D eigenvalue weighted by atomic mass is 35.5. The van der Waals surface area contributed by atoms with Crippen LogP contribution in [0.2, 0.25) is 5.02 Å². The smallest absolute Gasteiger partial charge is 0.228 e. The molecule has 0 aromatic heterocycles. The first-order valence-corrected chi connectivity index (χ1v) is 9.00. The Balaban J connectivity index is 1.61. The van der Waals surface area contributed by atoms with E-state index in [-0.39, 0.29) is 12.3 Å². The van der Waals surface area contributed by atoms with E-state index in [1.807, 2.05) is 18.2 Å². The molecular formula is C22H20ClNO4. The van der Waals surface area contributed by atoms with E-state index < -0.39 is 0 Å². The summed E-state index contributed by atoms with van der Waals surface area (Å²) >= 11 is 6.09. The van der Waals surface area contributed by atoms with Gasteiger partial charge in [-0.1, -0.05) is 29.8 Å². The lowest BCUT2D eigenvalue weighted by Crippen LogP contribution is -2.14. The molecule has 0 unspecified atom stereocenters. The van der Waals surface area contributed by atoms with Crippen molar-refractivity contribution in [3.63, 3.8) is 0 Å². The number of rotatable bonds is 7. The number of anilines is 1. The maximum Gasteiger partial charge on any atom is 0.228 e. The number of amides is 1. The molecule has 0 heterocycles. The highest BCUT2D eigenvalue weighted by Gasteiger charge is 2.09. The largest absolute Gasteiger partial charge is 0.493 e. The Bertz CT molecular complexity index is 957. The Morgan fingerprint density at radius 3 is 2.29 bits per heavy atom. The topological polar surface area (TPSA) is 56.8 Å². The van der Waals surface area contributed by atoms with Gasteiger partial charge >= 0.3 is 0 Å². The van der Waals surface area contributed by atoms with Gasteiger partial charge in [-0.25, -0.2) is 0 Å². The molecule has 0 saturated carbocycles. The molecule has 28 heavy (non-hydrogen) atoms. The molecular weight excluding hydrogens is 378 g/mol. The number of nitrogens with one attached hydrogen (secondary N) is 1. The molecule has 0 aliphatic heterocycles. The van der Waals surface area contributed by atoms with Crippen molar-refractivity contribution >= 4 is 23.2 Å². The van der Waals surface area contributed by atoms with Crippen molar-refractivity contribution in [3.05, 3.63) is 77.3 Å². The summed E-state index contributed by atoms with van der Waals surface area (Å²) in [6.45, 7) is 0. The van der Waals surface area contributed by atoms with E-state index in [0.29, 0.717) is 33.7 Å². The van der Waals surface area contributed by atoms with Gasteiger partial charge in [-0.15, -0.1) is 0 Å². The monoisotopic (exact) mass is 397 g/mol. The molecule has 0 aliphatic rings. The van der Waals surface area contributed by atoms with Crippen LogP contribution in [0.25, 0.3) is 0 Å². The molecule has 0 spiro atoms. The molecule has 3 rings (SSSR count). The molecule has 5 nitrogen and oxygen atoms in total. The first-order valence-electron chi connectivity index (χ1n) is 8.62. The van der Waals surface area contributed by atoms with Gasteiger partial charge in [0.1, 0.15) is 11.5 Å². The van der Waals surface area contributed by atoms with Crippen molar-refractivity contribution in [3.8, 4) is 23.0 Å². The number of benzene rings is 3. The van der Waals surface area contributed by atoms with Crippen LogP contribution in [0.1, 0.15) is 5.56 Å². The number of hydrogen-bond donors (Lipinski definition) is 1. The number of carbonyl (C=O) groups is 1. The van der Waals surface area contributed by atoms with E-state index in [9.17, 15) is 4.79 Å². The zero-order valence-corrected chi connectivity index (χ0v) is 16.3. The molecule has 3 aromatic rings. The van der Waals surface area contributed by atoms with Gasteiger partial charge in [0.2, 0.25) is 5.91 Å². The van der Waals surface area contributed by atoms with E-state index in [1.54, 1.807) is 62.8 Å². The zero-order valence-electron chi connectivity index (χ0n) is 15.6. The lowest BCUT2D eigenvalue weighted by Gasteiger charge is -2.11. The summed E-state index contributed by atoms with van der Waals surface area (Å²) in [5, 5.41) is 3.40. The van der Waals surface area contributed by atoms with Crippen molar-refractivity contribution < 1.29 is 19.0 Å². The fraction of sp³-hybridized carbons (Fsp3) is 0.136. The third-order valence-corrected chi connectivity index (χ3v) is 4.33. The minimum absolute atomic E-state index is 0.132. The van der Waals surface area contributed by atoms with Crippen LogP contribution in [0.5, 0.6) is 23.0 Å². The molecule has 0 aliphatic carbocycles. The molecule has 3 aromatic carbocycles. The van der Waals surface area contributed by atoms with Crippen LogP contribution < -0.4 is 19.5 Å². The van der Waals surface area contributed by atoms with Crippen molar-refractivity contribution in [2.45, 2.75) is 6.42 Å². The van der Waals surface area contributed by atoms with E-state index >= 15 is 0 Å². The Labute approximate surface area is 168 Å². The highest BCUT2D eigenvalue weighted by molar-refractivity contribution is 6.32. The molecule has 1 amide bonds. The number of methoxy groups -OCH3 is 2. The second-order valence-corrected chi connectivity index (χ2v) is 6.38. The van der Waals surface area contributed by atoms with Crippen LogP contribution in [-0.2, 0) is 11.2 Å². The average Bonchev–Trinajstić information content (AvgIpc) is 2.71. The van der Waals surface area contributed by atoms with E-state index in [1.165, 1.54) is 0 Å². The van der Waals surface area contributed by atoms with Crippen LogP contribution in [0.4, 0.5) is 5.69 Å². The summed E-state index contributed by atoms with van der Waals surface area (Å²) in [5.74, 6) is 2.29. The Morgan fingerprint density at radius 1 is 0.893 bits per heavy atom. The minimum Gasteiger partial charge on any atom is -0.493 e. The van der Waals surface area contributed by atoms with Gasteiger partial charge in [0.15, 0.2) is 11.5 Å². The lowest BCUT2D eigenvalue weighted by molar-refractivity contribution is -0.115. The quantitative estimate of drug-likeness (QED) is 0.585. The number of para-hydroxylation sites is 1. The Morgan fingerprint density at radius 2 is 1.61 bits per heavy atom. The summed E-state index contributed by atoms with van der Waals surface area (Å²) in [4.78, 5) is 12.3. The molecule has 0 bridgehead atoms. The number of hydrogen-bond acceptors (Lipinski definition) is 4. The lowest BCUT2D eigenvalue weighted by atomic mass is 10.1. The summed E-state index contributed by atoms with van der Waals surface area (Å²) in [5.41, 5.74) is 1.51. The van der Waals surface area contributed by atoms with Crippen LogP contribution in [-0.4, -0.2) is 20.1 Å². The first kappa shape index (κ1) is 19.6. The fourth-order valence-corrected chi connectivity index (χ4v) is 2.82. The maximum atomic E-state index is 12.3. The Kier molecular flexibility index (Phi) is 6.40. The van der Waals surface area contributed by atoms with Gasteiger partial charge in [-0.2, -0.15) is 0 Å². The van der Waals surface area contributed by atoms with Gasteiger partial charge in [0.05, 0.1) is 25.7 Å². The second-order valence-electron chi connectivity index (χ2n) is 5.97. The Hall–Kier alpha value is -3.18. The van der Waals surface area contributed by atoms with Crippen molar-refractivity contribution in [1.29, 1.82) is 0 Å². The summed E-state index contributed by atoms with van der Waals surface area (Å²) in [6, 6.07) is 19.8. The average molecular weight is 398 g/mol. The van der Waals surface area contributed by atoms with Crippen LogP contribution in [0.3, 0.4) is 0 Å². The molecule has 1 N–H and O–H groups in total. The maximum absolute atomic E-state index is 12.3. The third-order valence-electron chi connectivity index (χ3n) is 4.02. The van der Waals surface area contributed by atoms with Crippen LogP contribution >= 0.6 is 11.6 Å². The first-order chi connectivity index (χ1) is 13.6. The van der Waals surface area contributed by atoms with Gasteiger partial charge < -0.3 is 19.5 Å². The number of carbonyl (C=O) groups excluding carboxylic acids is 1. The standard InChI is InChI=1S/C22H20ClNO4/c1-26-20-12-7-15(13-21(20)27-2)14-22(25)24-16-8-10-17(11-9-16)28-19-6-4-3-5-18(19)23/h3-13H,14H2,1-2H3,(H,24,25). The van der Waals surface area contributed by atoms with Crippen molar-refractivity contribution in [2.75, 3.05) is 19.5 Å². The van der Waals surface area contributed by atoms with Crippen LogP contribution in [0, 0.1) is 0 Å². The van der Waals surface area contributed by atoms with Gasteiger partial charge in [0, 0.05) is 5.69 Å². The van der Waals surface area contributed by atoms with Gasteiger partial charge in [0.25, 0.3) is 0 Å². The van der Waals surface area contributed by atoms with Crippen molar-refractivity contribution in [2.24, 2.45) is 0 Å². The van der Waals surface area contributed by atoms with Crippen LogP contribution in [0.15, 0.2) is 66.7 Å². The number of halogens is 1. The normalized spacial score (nSPS) is 10.2. The van der Waals surface area contributed by atoms with E-state index in [0.717, 1.165) is 5.56 Å². The SMILES string of the molecule is COc1ccc(CC(=O)Nc2ccc(Oc3ccccc3Cl)cc2)cc1OC. The molecule has 0 radical (unpaired) electrons. The minimum atomic E-state index is -0.132. The molecule has 0 saturated heterocycles. The van der Waals surface area contributed by atoms with Gasteiger partial charge in [-0.05, 0) is 54.1 Å². The molecule has 6 heteroatoms. The number of ether oxygens (including phenoxy) is 3. The summed E-state index contributed by atoms with van der Waals surface area (Å²) in [7, 11) is 3.14. The summed E-state index contributed by atoms with van der Waals surface area (Å²) < 4.78 is 16.2. The predicted molar refractivity (Wildman–Crippen MR) is 110 cm³/mol. The second kappa shape index (κ2) is 9.15. The van der Waals surface area contributed by atoms with Crippen molar-refractivity contribution in [1.82, 2.24) is 0 Å². The molecule has 144 valence electrons. The highest BCUT2D eigenvalue weighted by Crippen LogP contribution is 2.30. The van der Waals surface area contributed by atoms with E-state index in [2.05, 4.69) is 5.32 Å². The third kappa shape index (κ3) is 4.96. The predicted octanol–water partition coefficient (Wildman–Crippen LogP) is 5.33. The summed E-state index contributed by atoms with van der Waals surface area (Å²) in [6.07, 6.45) is 0.220. The van der Waals surface area contributed by atoms with E-state index in [4.69, 9.17) is 25.8 Å². The molecule has 0 atom stereocenters. The van der Waals surface area contributed by atoms with Gasteiger partial charge in [-0.3, -0.25) is 4.79 Å². The fourth-order valence-electron chi connectivity index (χ4n) is 2.64. The zero-order chi connectivity index (χ0) is 19.9.